The van der Waals surface area contributed by atoms with Crippen LogP contribution in [0.1, 0.15) is 18.4 Å². The molecule has 1 aromatic heterocycles. The molecule has 0 radical (unpaired) electrons. The van der Waals surface area contributed by atoms with Gasteiger partial charge in [-0.25, -0.2) is 4.98 Å². The van der Waals surface area contributed by atoms with Crippen LogP contribution in [0.3, 0.4) is 0 Å². The second-order valence-electron chi connectivity index (χ2n) is 5.61. The molecule has 3 nitrogen and oxygen atoms in total. The van der Waals surface area contributed by atoms with E-state index in [1.165, 1.54) is 17.2 Å². The average molecular weight is 341 g/mol. The van der Waals surface area contributed by atoms with E-state index < -0.39 is 24.5 Å². The zero-order valence-corrected chi connectivity index (χ0v) is 12.2. The highest BCUT2D eigenvalue weighted by Gasteiger charge is 2.35. The van der Waals surface area contributed by atoms with Crippen molar-refractivity contribution < 1.29 is 26.3 Å². The van der Waals surface area contributed by atoms with E-state index in [-0.39, 0.29) is 18.3 Å². The van der Waals surface area contributed by atoms with Gasteiger partial charge >= 0.3 is 12.4 Å². The molecule has 0 atom stereocenters. The predicted molar refractivity (Wildman–Crippen MR) is 72.9 cm³/mol. The third-order valence-electron chi connectivity index (χ3n) is 3.78. The smallest absolute Gasteiger partial charge is 0.369 e. The Kier molecular flexibility index (Phi) is 5.38. The molecule has 1 aliphatic heterocycles. The first-order chi connectivity index (χ1) is 10.6. The van der Waals surface area contributed by atoms with Crippen molar-refractivity contribution in [2.75, 3.05) is 31.5 Å². The largest absolute Gasteiger partial charge is 0.419 e. The van der Waals surface area contributed by atoms with Crippen molar-refractivity contribution in [3.8, 4) is 0 Å². The number of piperidine rings is 1. The highest BCUT2D eigenvalue weighted by molar-refractivity contribution is 5.45. The lowest BCUT2D eigenvalue weighted by Gasteiger charge is -2.32. The van der Waals surface area contributed by atoms with Crippen molar-refractivity contribution >= 4 is 5.82 Å². The summed E-state index contributed by atoms with van der Waals surface area (Å²) in [5.74, 6) is -0.208. The Labute approximate surface area is 129 Å². The number of halogens is 6. The summed E-state index contributed by atoms with van der Waals surface area (Å²) < 4.78 is 75.4. The van der Waals surface area contributed by atoms with Crippen molar-refractivity contribution in [1.82, 2.24) is 9.88 Å². The monoisotopic (exact) mass is 341 g/mol. The molecular formula is C14H17F6N3. The molecule has 0 spiro atoms. The minimum Gasteiger partial charge on any atom is -0.369 e. The molecule has 23 heavy (non-hydrogen) atoms. The maximum Gasteiger partial charge on any atom is 0.419 e. The van der Waals surface area contributed by atoms with Crippen LogP contribution >= 0.6 is 0 Å². The SMILES string of the molecule is FC(F)(F)CN1CCC(CNc2ncccc2C(F)(F)F)CC1. The molecule has 9 heteroatoms. The van der Waals surface area contributed by atoms with Crippen LogP contribution in [0.2, 0.25) is 0 Å². The molecule has 0 aromatic carbocycles. The summed E-state index contributed by atoms with van der Waals surface area (Å²) in [7, 11) is 0. The van der Waals surface area contributed by atoms with Gasteiger partial charge in [-0.2, -0.15) is 26.3 Å². The number of aromatic nitrogens is 1. The van der Waals surface area contributed by atoms with Crippen LogP contribution in [-0.4, -0.2) is 42.2 Å². The lowest BCUT2D eigenvalue weighted by molar-refractivity contribution is -0.148. The van der Waals surface area contributed by atoms with E-state index in [2.05, 4.69) is 10.3 Å². The highest BCUT2D eigenvalue weighted by Crippen LogP contribution is 2.33. The summed E-state index contributed by atoms with van der Waals surface area (Å²) in [5, 5.41) is 2.68. The van der Waals surface area contributed by atoms with Gasteiger partial charge in [0, 0.05) is 12.7 Å². The normalized spacial score (nSPS) is 18.2. The molecule has 0 unspecified atom stereocenters. The Balaban J connectivity index is 1.85. The Morgan fingerprint density at radius 3 is 2.35 bits per heavy atom. The van der Waals surface area contributed by atoms with E-state index in [0.29, 0.717) is 25.9 Å². The van der Waals surface area contributed by atoms with Gasteiger partial charge in [0.05, 0.1) is 12.1 Å². The molecule has 2 rings (SSSR count). The van der Waals surface area contributed by atoms with Crippen molar-refractivity contribution in [3.05, 3.63) is 23.9 Å². The molecule has 0 amide bonds. The fourth-order valence-electron chi connectivity index (χ4n) is 2.62. The summed E-state index contributed by atoms with van der Waals surface area (Å²) in [6, 6.07) is 2.16. The molecule has 0 bridgehead atoms. The van der Waals surface area contributed by atoms with E-state index in [9.17, 15) is 26.3 Å². The second kappa shape index (κ2) is 6.94. The molecule has 2 heterocycles. The van der Waals surface area contributed by atoms with E-state index in [1.807, 2.05) is 0 Å². The molecule has 1 aliphatic rings. The number of likely N-dealkylation sites (tertiary alicyclic amines) is 1. The molecule has 0 saturated carbocycles. The number of nitrogens with zero attached hydrogens (tertiary/aromatic N) is 2. The predicted octanol–water partition coefficient (Wildman–Crippen LogP) is 3.79. The Hall–Kier alpha value is -1.51. The van der Waals surface area contributed by atoms with Crippen LogP contribution in [0.4, 0.5) is 32.2 Å². The van der Waals surface area contributed by atoms with Gasteiger partial charge in [-0.3, -0.25) is 4.90 Å². The second-order valence-corrected chi connectivity index (χ2v) is 5.61. The minimum absolute atomic E-state index is 0.0302. The number of hydrogen-bond donors (Lipinski definition) is 1. The Morgan fingerprint density at radius 2 is 1.78 bits per heavy atom. The molecule has 0 aliphatic carbocycles. The van der Waals surface area contributed by atoms with E-state index in [4.69, 9.17) is 0 Å². The van der Waals surface area contributed by atoms with E-state index in [0.717, 1.165) is 6.07 Å². The van der Waals surface area contributed by atoms with Crippen LogP contribution < -0.4 is 5.32 Å². The van der Waals surface area contributed by atoms with E-state index >= 15 is 0 Å². The summed E-state index contributed by atoms with van der Waals surface area (Å²) in [5.41, 5.74) is -0.838. The van der Waals surface area contributed by atoms with Crippen LogP contribution in [0, 0.1) is 5.92 Å². The Morgan fingerprint density at radius 1 is 1.13 bits per heavy atom. The van der Waals surface area contributed by atoms with Gasteiger partial charge in [-0.1, -0.05) is 0 Å². The number of alkyl halides is 6. The van der Waals surface area contributed by atoms with Gasteiger partial charge in [-0.05, 0) is 44.0 Å². The van der Waals surface area contributed by atoms with Crippen molar-refractivity contribution in [2.24, 2.45) is 5.92 Å². The molecule has 130 valence electrons. The van der Waals surface area contributed by atoms with Crippen LogP contribution in [0.5, 0.6) is 0 Å². The van der Waals surface area contributed by atoms with Gasteiger partial charge in [0.15, 0.2) is 0 Å². The van der Waals surface area contributed by atoms with Gasteiger partial charge in [0.2, 0.25) is 0 Å². The van der Waals surface area contributed by atoms with Gasteiger partial charge in [0.1, 0.15) is 5.82 Å². The first kappa shape index (κ1) is 17.8. The standard InChI is InChI=1S/C14H17F6N3/c15-13(16,17)9-23-6-3-10(4-7-23)8-22-12-11(14(18,19)20)2-1-5-21-12/h1-2,5,10H,3-4,6-9H2,(H,21,22). The molecule has 1 saturated heterocycles. The van der Waals surface area contributed by atoms with Crippen LogP contribution in [0.15, 0.2) is 18.3 Å². The Bertz CT molecular complexity index is 506. The van der Waals surface area contributed by atoms with Crippen molar-refractivity contribution in [1.29, 1.82) is 0 Å². The summed E-state index contributed by atoms with van der Waals surface area (Å²) in [4.78, 5) is 5.02. The number of hydrogen-bond acceptors (Lipinski definition) is 3. The lowest BCUT2D eigenvalue weighted by atomic mass is 9.96. The molecule has 1 aromatic rings. The molecule has 1 N–H and O–H groups in total. The number of rotatable bonds is 4. The van der Waals surface area contributed by atoms with Gasteiger partial charge in [0.25, 0.3) is 0 Å². The topological polar surface area (TPSA) is 28.2 Å². The number of anilines is 1. The third kappa shape index (κ3) is 5.56. The molecular weight excluding hydrogens is 324 g/mol. The van der Waals surface area contributed by atoms with Gasteiger partial charge < -0.3 is 5.32 Å². The van der Waals surface area contributed by atoms with Crippen molar-refractivity contribution in [2.45, 2.75) is 25.2 Å². The van der Waals surface area contributed by atoms with Crippen molar-refractivity contribution in [3.63, 3.8) is 0 Å². The average Bonchev–Trinajstić information content (AvgIpc) is 2.44. The van der Waals surface area contributed by atoms with Crippen LogP contribution in [0.25, 0.3) is 0 Å². The zero-order valence-electron chi connectivity index (χ0n) is 12.2. The van der Waals surface area contributed by atoms with E-state index in [1.54, 1.807) is 0 Å². The summed E-state index contributed by atoms with van der Waals surface area (Å²) >= 11 is 0. The fraction of sp³-hybridized carbons (Fsp3) is 0.643. The zero-order chi connectivity index (χ0) is 17.1. The maximum absolute atomic E-state index is 12.8. The summed E-state index contributed by atoms with van der Waals surface area (Å²) in [6.07, 6.45) is -6.43. The number of pyridine rings is 1. The summed E-state index contributed by atoms with van der Waals surface area (Å²) in [6.45, 7) is -0.0913. The van der Waals surface area contributed by atoms with Gasteiger partial charge in [-0.15, -0.1) is 0 Å². The quantitative estimate of drug-likeness (QED) is 0.845. The first-order valence-electron chi connectivity index (χ1n) is 7.20. The van der Waals surface area contributed by atoms with Crippen LogP contribution in [-0.2, 0) is 6.18 Å². The number of nitrogens with one attached hydrogen (secondary N) is 1. The molecule has 1 fully saturated rings. The first-order valence-corrected chi connectivity index (χ1v) is 7.20. The minimum atomic E-state index is -4.49. The fourth-order valence-corrected chi connectivity index (χ4v) is 2.62. The highest BCUT2D eigenvalue weighted by atomic mass is 19.4. The maximum atomic E-state index is 12.8. The lowest BCUT2D eigenvalue weighted by Crippen LogP contribution is -2.41. The third-order valence-corrected chi connectivity index (χ3v) is 3.78.